The molecule has 4 amide bonds. The van der Waals surface area contributed by atoms with Gasteiger partial charge in [0, 0.05) is 30.5 Å². The molecular weight excluding hydrogens is 394 g/mol. The Balaban J connectivity index is 1.31. The second-order valence-electron chi connectivity index (χ2n) is 7.86. The van der Waals surface area contributed by atoms with Crippen LogP contribution in [-0.4, -0.2) is 59.2 Å². The van der Waals surface area contributed by atoms with Crippen LogP contribution in [0, 0.1) is 0 Å². The van der Waals surface area contributed by atoms with E-state index in [1.807, 2.05) is 4.90 Å². The quantitative estimate of drug-likeness (QED) is 0.714. The second-order valence-corrected chi connectivity index (χ2v) is 8.78. The largest absolute Gasteiger partial charge is 0.369 e. The highest BCUT2D eigenvalue weighted by atomic mass is 32.1. The molecule has 5 rings (SSSR count). The topological polar surface area (TPSA) is 96.0 Å². The average molecular weight is 415 g/mol. The number of amides is 4. The van der Waals surface area contributed by atoms with Gasteiger partial charge in [0.25, 0.3) is 11.8 Å². The molecule has 8 nitrogen and oxygen atoms in total. The highest BCUT2D eigenvalue weighted by Gasteiger charge is 2.47. The van der Waals surface area contributed by atoms with E-state index < -0.39 is 23.8 Å². The first kappa shape index (κ1) is 18.5. The molecule has 1 aromatic rings. The van der Waals surface area contributed by atoms with Crippen LogP contribution in [0.1, 0.15) is 36.1 Å². The molecule has 0 aliphatic carbocycles. The van der Waals surface area contributed by atoms with Crippen LogP contribution in [0.2, 0.25) is 0 Å². The summed E-state index contributed by atoms with van der Waals surface area (Å²) in [6.45, 7) is 1.91. The van der Waals surface area contributed by atoms with Crippen LogP contribution < -0.4 is 5.32 Å². The van der Waals surface area contributed by atoms with Crippen molar-refractivity contribution in [2.24, 2.45) is 0 Å². The number of hydrogen-bond acceptors (Lipinski definition) is 7. The van der Waals surface area contributed by atoms with Crippen molar-refractivity contribution in [1.82, 2.24) is 15.1 Å². The number of carbonyl (C=O) groups is 4. The zero-order valence-corrected chi connectivity index (χ0v) is 16.6. The van der Waals surface area contributed by atoms with Crippen LogP contribution in [0.15, 0.2) is 23.2 Å². The fourth-order valence-electron chi connectivity index (χ4n) is 4.76. The van der Waals surface area contributed by atoms with E-state index >= 15 is 0 Å². The third kappa shape index (κ3) is 2.91. The predicted molar refractivity (Wildman–Crippen MR) is 103 cm³/mol. The Morgan fingerprint density at radius 3 is 2.69 bits per heavy atom. The maximum absolute atomic E-state index is 13.0. The third-order valence-corrected chi connectivity index (χ3v) is 7.42. The van der Waals surface area contributed by atoms with E-state index in [2.05, 4.69) is 16.8 Å². The van der Waals surface area contributed by atoms with E-state index in [-0.39, 0.29) is 24.3 Å². The minimum Gasteiger partial charge on any atom is -0.369 e. The molecule has 0 saturated carbocycles. The molecule has 4 aliphatic rings. The summed E-state index contributed by atoms with van der Waals surface area (Å²) in [6, 6.07) is 1.24. The van der Waals surface area contributed by atoms with Crippen molar-refractivity contribution in [2.45, 2.75) is 43.7 Å². The molecule has 29 heavy (non-hydrogen) atoms. The SMILES string of the molecule is O=C1CCC(N2C(=O)C=C(N3CCC4(CC3)OCCc3ccsc34)C2=O)C(=O)N1. The number of fused-ring (bicyclic) bond motifs is 2. The summed E-state index contributed by atoms with van der Waals surface area (Å²) in [5.74, 6) is -1.91. The van der Waals surface area contributed by atoms with Gasteiger partial charge in [-0.15, -0.1) is 11.3 Å². The molecule has 0 radical (unpaired) electrons. The molecule has 9 heteroatoms. The van der Waals surface area contributed by atoms with Gasteiger partial charge in [-0.1, -0.05) is 0 Å². The first-order valence-electron chi connectivity index (χ1n) is 9.87. The first-order valence-corrected chi connectivity index (χ1v) is 10.8. The molecule has 1 unspecified atom stereocenters. The monoisotopic (exact) mass is 415 g/mol. The molecule has 1 aromatic heterocycles. The molecule has 0 aromatic carbocycles. The Hall–Kier alpha value is -2.52. The lowest BCUT2D eigenvalue weighted by molar-refractivity contribution is -0.150. The van der Waals surface area contributed by atoms with Gasteiger partial charge in [0.2, 0.25) is 11.8 Å². The number of carbonyl (C=O) groups excluding carboxylic acids is 4. The van der Waals surface area contributed by atoms with Gasteiger partial charge in [0.1, 0.15) is 17.3 Å². The normalized spacial score (nSPS) is 26.6. The van der Waals surface area contributed by atoms with Crippen molar-refractivity contribution in [3.05, 3.63) is 33.7 Å². The standard InChI is InChI=1S/C20H21N3O5S/c24-15-2-1-13(18(26)21-15)23-16(25)11-14(19(23)27)22-7-5-20(6-8-22)17-12(3-9-28-20)4-10-29-17/h4,10-11,13H,1-3,5-9H2,(H,21,24,26). The number of nitrogens with zero attached hydrogens (tertiary/aromatic N) is 2. The lowest BCUT2D eigenvalue weighted by atomic mass is 9.85. The number of hydrogen-bond donors (Lipinski definition) is 1. The summed E-state index contributed by atoms with van der Waals surface area (Å²) in [5.41, 5.74) is 1.38. The van der Waals surface area contributed by atoms with Crippen molar-refractivity contribution in [3.8, 4) is 0 Å². The van der Waals surface area contributed by atoms with E-state index in [0.717, 1.165) is 24.2 Å². The van der Waals surface area contributed by atoms with Crippen molar-refractivity contribution >= 4 is 35.0 Å². The van der Waals surface area contributed by atoms with Gasteiger partial charge in [0.15, 0.2) is 0 Å². The lowest BCUT2D eigenvalue weighted by Gasteiger charge is -2.44. The lowest BCUT2D eigenvalue weighted by Crippen LogP contribution is -2.55. The number of thiophene rings is 1. The number of nitrogens with one attached hydrogen (secondary N) is 1. The van der Waals surface area contributed by atoms with Gasteiger partial charge in [0.05, 0.1) is 6.61 Å². The van der Waals surface area contributed by atoms with Crippen molar-refractivity contribution < 1.29 is 23.9 Å². The fourth-order valence-corrected chi connectivity index (χ4v) is 5.92. The molecule has 5 heterocycles. The van der Waals surface area contributed by atoms with Gasteiger partial charge in [-0.05, 0) is 42.7 Å². The minimum atomic E-state index is -0.923. The summed E-state index contributed by atoms with van der Waals surface area (Å²) < 4.78 is 6.21. The zero-order valence-electron chi connectivity index (χ0n) is 15.8. The molecule has 4 aliphatic heterocycles. The molecule has 1 N–H and O–H groups in total. The Bertz CT molecular complexity index is 944. The number of rotatable bonds is 2. The van der Waals surface area contributed by atoms with E-state index in [0.29, 0.717) is 25.4 Å². The summed E-state index contributed by atoms with van der Waals surface area (Å²) in [7, 11) is 0. The highest BCUT2D eigenvalue weighted by molar-refractivity contribution is 7.10. The number of piperidine rings is 2. The van der Waals surface area contributed by atoms with Crippen LogP contribution in [0.4, 0.5) is 0 Å². The summed E-state index contributed by atoms with van der Waals surface area (Å²) in [6.07, 6.45) is 4.04. The maximum Gasteiger partial charge on any atom is 0.277 e. The molecule has 0 bridgehead atoms. The van der Waals surface area contributed by atoms with E-state index in [9.17, 15) is 19.2 Å². The minimum absolute atomic E-state index is 0.121. The summed E-state index contributed by atoms with van der Waals surface area (Å²) in [4.78, 5) is 53.2. The van der Waals surface area contributed by atoms with Crippen LogP contribution in [0.3, 0.4) is 0 Å². The van der Waals surface area contributed by atoms with Gasteiger partial charge in [-0.3, -0.25) is 29.4 Å². The van der Waals surface area contributed by atoms with Crippen LogP contribution in [0.25, 0.3) is 0 Å². The molecule has 152 valence electrons. The average Bonchev–Trinajstić information content (AvgIpc) is 3.29. The maximum atomic E-state index is 13.0. The van der Waals surface area contributed by atoms with Crippen molar-refractivity contribution in [2.75, 3.05) is 19.7 Å². The van der Waals surface area contributed by atoms with E-state index in [1.54, 1.807) is 11.3 Å². The molecular formula is C20H21N3O5S. The summed E-state index contributed by atoms with van der Waals surface area (Å²) in [5, 5.41) is 4.32. The second kappa shape index (κ2) is 6.77. The molecule has 2 fully saturated rings. The number of imide groups is 2. The van der Waals surface area contributed by atoms with E-state index in [1.165, 1.54) is 16.5 Å². The summed E-state index contributed by atoms with van der Waals surface area (Å²) >= 11 is 1.73. The van der Waals surface area contributed by atoms with Crippen LogP contribution >= 0.6 is 11.3 Å². The zero-order chi connectivity index (χ0) is 20.2. The van der Waals surface area contributed by atoms with Crippen LogP contribution in [0.5, 0.6) is 0 Å². The van der Waals surface area contributed by atoms with Gasteiger partial charge in [-0.25, -0.2) is 0 Å². The number of likely N-dealkylation sites (tertiary alicyclic amines) is 1. The third-order valence-electron chi connectivity index (χ3n) is 6.28. The van der Waals surface area contributed by atoms with E-state index in [4.69, 9.17) is 4.74 Å². The Morgan fingerprint density at radius 1 is 1.14 bits per heavy atom. The molecule has 1 spiro atoms. The highest BCUT2D eigenvalue weighted by Crippen LogP contribution is 2.45. The Kier molecular flexibility index (Phi) is 4.32. The Morgan fingerprint density at radius 2 is 1.93 bits per heavy atom. The van der Waals surface area contributed by atoms with Gasteiger partial charge in [-0.2, -0.15) is 0 Å². The predicted octanol–water partition coefficient (Wildman–Crippen LogP) is 0.670. The number of ether oxygens (including phenoxy) is 1. The Labute approximate surface area is 171 Å². The fraction of sp³-hybridized carbons (Fsp3) is 0.500. The van der Waals surface area contributed by atoms with Gasteiger partial charge >= 0.3 is 0 Å². The molecule has 2 saturated heterocycles. The molecule has 1 atom stereocenters. The smallest absolute Gasteiger partial charge is 0.277 e. The van der Waals surface area contributed by atoms with Crippen molar-refractivity contribution in [1.29, 1.82) is 0 Å². The van der Waals surface area contributed by atoms with Gasteiger partial charge < -0.3 is 9.64 Å². The first-order chi connectivity index (χ1) is 14.0. The van der Waals surface area contributed by atoms with Crippen LogP contribution in [-0.2, 0) is 35.9 Å². The van der Waals surface area contributed by atoms with Crippen molar-refractivity contribution in [3.63, 3.8) is 0 Å².